The highest BCUT2D eigenvalue weighted by Crippen LogP contribution is 2.33. The summed E-state index contributed by atoms with van der Waals surface area (Å²) in [6, 6.07) is 0. The molecule has 2 rings (SSSR count). The van der Waals surface area contributed by atoms with E-state index in [2.05, 4.69) is 24.5 Å². The van der Waals surface area contributed by atoms with Crippen molar-refractivity contribution in [3.63, 3.8) is 0 Å². The summed E-state index contributed by atoms with van der Waals surface area (Å²) in [7, 11) is 0. The molecule has 2 heterocycles. The van der Waals surface area contributed by atoms with Crippen LogP contribution in [0.4, 0.5) is 0 Å². The Bertz CT molecular complexity index is 234. The van der Waals surface area contributed by atoms with Crippen molar-refractivity contribution in [1.82, 2.24) is 10.6 Å². The van der Waals surface area contributed by atoms with Gasteiger partial charge in [-0.15, -0.1) is 0 Å². The summed E-state index contributed by atoms with van der Waals surface area (Å²) in [6.07, 6.45) is 2.75. The molecule has 0 bridgehead atoms. The van der Waals surface area contributed by atoms with Crippen LogP contribution in [0.25, 0.3) is 0 Å². The molecule has 4 heteroatoms. The molecule has 0 radical (unpaired) electrons. The zero-order valence-electron chi connectivity index (χ0n) is 11.8. The van der Waals surface area contributed by atoms with Crippen LogP contribution in [0.5, 0.6) is 0 Å². The lowest BCUT2D eigenvalue weighted by atomic mass is 9.74. The van der Waals surface area contributed by atoms with E-state index in [0.717, 1.165) is 51.9 Å². The van der Waals surface area contributed by atoms with Gasteiger partial charge in [-0.25, -0.2) is 0 Å². The molecule has 1 unspecified atom stereocenters. The van der Waals surface area contributed by atoms with Crippen LogP contribution in [0.2, 0.25) is 0 Å². The second kappa shape index (κ2) is 6.85. The maximum atomic E-state index is 5.69. The van der Waals surface area contributed by atoms with E-state index < -0.39 is 0 Å². The van der Waals surface area contributed by atoms with Crippen molar-refractivity contribution in [3.05, 3.63) is 0 Å². The highest BCUT2D eigenvalue weighted by molar-refractivity contribution is 4.83. The fourth-order valence-corrected chi connectivity index (χ4v) is 2.93. The predicted molar refractivity (Wildman–Crippen MR) is 72.8 cm³/mol. The molecule has 2 aliphatic heterocycles. The molecule has 0 amide bonds. The van der Waals surface area contributed by atoms with Gasteiger partial charge in [-0.3, -0.25) is 0 Å². The van der Waals surface area contributed by atoms with Gasteiger partial charge in [0, 0.05) is 39.4 Å². The van der Waals surface area contributed by atoms with E-state index in [0.29, 0.717) is 11.5 Å². The molecule has 1 atom stereocenters. The maximum absolute atomic E-state index is 5.69. The first-order valence-electron chi connectivity index (χ1n) is 7.29. The van der Waals surface area contributed by atoms with Crippen LogP contribution in [0.15, 0.2) is 0 Å². The highest BCUT2D eigenvalue weighted by atomic mass is 16.5. The number of ether oxygens (including phenoxy) is 2. The number of rotatable bonds is 5. The van der Waals surface area contributed by atoms with Crippen molar-refractivity contribution < 1.29 is 9.47 Å². The zero-order valence-corrected chi connectivity index (χ0v) is 11.8. The van der Waals surface area contributed by atoms with E-state index in [9.17, 15) is 0 Å². The Balaban J connectivity index is 1.67. The molecule has 106 valence electrons. The summed E-state index contributed by atoms with van der Waals surface area (Å²) in [5.74, 6) is 0.782. The fourth-order valence-electron chi connectivity index (χ4n) is 2.93. The Labute approximate surface area is 111 Å². The molecule has 0 saturated carbocycles. The van der Waals surface area contributed by atoms with Gasteiger partial charge < -0.3 is 20.1 Å². The van der Waals surface area contributed by atoms with E-state index in [-0.39, 0.29) is 0 Å². The monoisotopic (exact) mass is 256 g/mol. The third-order valence-corrected chi connectivity index (χ3v) is 4.28. The van der Waals surface area contributed by atoms with Crippen molar-refractivity contribution in [2.45, 2.75) is 32.8 Å². The Kier molecular flexibility index (Phi) is 5.42. The summed E-state index contributed by atoms with van der Waals surface area (Å²) >= 11 is 0. The molecule has 0 aromatic carbocycles. The number of hydrogen-bond acceptors (Lipinski definition) is 4. The molecule has 0 aromatic rings. The van der Waals surface area contributed by atoms with E-state index in [1.54, 1.807) is 0 Å². The van der Waals surface area contributed by atoms with Crippen LogP contribution in [0.3, 0.4) is 0 Å². The van der Waals surface area contributed by atoms with Gasteiger partial charge in [0.25, 0.3) is 0 Å². The predicted octanol–water partition coefficient (Wildman–Crippen LogP) is 1.02. The minimum absolute atomic E-state index is 0.337. The molecule has 0 spiro atoms. The smallest absolute Gasteiger partial charge is 0.0824 e. The van der Waals surface area contributed by atoms with Gasteiger partial charge in [0.1, 0.15) is 0 Å². The number of morpholine rings is 1. The van der Waals surface area contributed by atoms with Crippen LogP contribution < -0.4 is 10.6 Å². The molecule has 2 aliphatic rings. The van der Waals surface area contributed by atoms with Crippen LogP contribution in [-0.2, 0) is 9.47 Å². The van der Waals surface area contributed by atoms with E-state index in [1.165, 1.54) is 12.8 Å². The summed E-state index contributed by atoms with van der Waals surface area (Å²) < 4.78 is 11.1. The van der Waals surface area contributed by atoms with Crippen LogP contribution in [0, 0.1) is 11.3 Å². The average molecular weight is 256 g/mol. The molecule has 4 nitrogen and oxygen atoms in total. The lowest BCUT2D eigenvalue weighted by Gasteiger charge is -2.37. The Hall–Kier alpha value is -0.160. The van der Waals surface area contributed by atoms with Gasteiger partial charge in [0.2, 0.25) is 0 Å². The molecule has 0 aromatic heterocycles. The third-order valence-electron chi connectivity index (χ3n) is 4.28. The van der Waals surface area contributed by atoms with Gasteiger partial charge in [0.15, 0.2) is 0 Å². The van der Waals surface area contributed by atoms with Gasteiger partial charge in [-0.05, 0) is 24.2 Å². The normalized spacial score (nSPS) is 27.3. The highest BCUT2D eigenvalue weighted by Gasteiger charge is 2.30. The molecule has 2 saturated heterocycles. The molecule has 0 aliphatic carbocycles. The van der Waals surface area contributed by atoms with Crippen LogP contribution in [0.1, 0.15) is 26.7 Å². The first-order chi connectivity index (χ1) is 8.68. The first-order valence-corrected chi connectivity index (χ1v) is 7.29. The molecule has 2 N–H and O–H groups in total. The summed E-state index contributed by atoms with van der Waals surface area (Å²) in [5.41, 5.74) is 0.353. The Morgan fingerprint density at radius 1 is 1.22 bits per heavy atom. The number of hydrogen-bond donors (Lipinski definition) is 2. The van der Waals surface area contributed by atoms with Crippen LogP contribution in [-0.4, -0.2) is 52.1 Å². The largest absolute Gasteiger partial charge is 0.381 e. The minimum atomic E-state index is 0.337. The lowest BCUT2D eigenvalue weighted by Crippen LogP contribution is -2.46. The van der Waals surface area contributed by atoms with Crippen LogP contribution >= 0.6 is 0 Å². The third kappa shape index (κ3) is 4.19. The van der Waals surface area contributed by atoms with E-state index in [4.69, 9.17) is 9.47 Å². The second-order valence-electron chi connectivity index (χ2n) is 6.20. The maximum Gasteiger partial charge on any atom is 0.0824 e. The van der Waals surface area contributed by atoms with E-state index >= 15 is 0 Å². The van der Waals surface area contributed by atoms with Crippen molar-refractivity contribution in [1.29, 1.82) is 0 Å². The topological polar surface area (TPSA) is 42.5 Å². The Morgan fingerprint density at radius 3 is 2.67 bits per heavy atom. The van der Waals surface area contributed by atoms with Crippen molar-refractivity contribution in [3.8, 4) is 0 Å². The number of nitrogens with one attached hydrogen (secondary N) is 2. The minimum Gasteiger partial charge on any atom is -0.381 e. The van der Waals surface area contributed by atoms with E-state index in [1.807, 2.05) is 0 Å². The van der Waals surface area contributed by atoms with Gasteiger partial charge in [0.05, 0.1) is 12.7 Å². The molecular weight excluding hydrogens is 228 g/mol. The van der Waals surface area contributed by atoms with Gasteiger partial charge in [-0.2, -0.15) is 0 Å². The van der Waals surface area contributed by atoms with Gasteiger partial charge >= 0.3 is 0 Å². The van der Waals surface area contributed by atoms with Crippen molar-refractivity contribution in [2.24, 2.45) is 11.3 Å². The summed E-state index contributed by atoms with van der Waals surface area (Å²) in [5, 5.41) is 6.95. The lowest BCUT2D eigenvalue weighted by molar-refractivity contribution is 0.0133. The Morgan fingerprint density at radius 2 is 2.00 bits per heavy atom. The molecule has 2 fully saturated rings. The van der Waals surface area contributed by atoms with Crippen molar-refractivity contribution in [2.75, 3.05) is 46.0 Å². The second-order valence-corrected chi connectivity index (χ2v) is 6.20. The molecule has 18 heavy (non-hydrogen) atoms. The molecular formula is C14H28N2O2. The fraction of sp³-hybridized carbons (Fsp3) is 1.00. The summed E-state index contributed by atoms with van der Waals surface area (Å²) in [4.78, 5) is 0. The van der Waals surface area contributed by atoms with Crippen molar-refractivity contribution >= 4 is 0 Å². The van der Waals surface area contributed by atoms with Gasteiger partial charge in [-0.1, -0.05) is 13.8 Å². The first kappa shape index (κ1) is 14.3. The average Bonchev–Trinajstić information content (AvgIpc) is 2.41. The quantitative estimate of drug-likeness (QED) is 0.771. The standard InChI is InChI=1S/C14H28N2O2/c1-14(2,12-3-6-17-7-4-12)11-16-10-13-9-15-5-8-18-13/h12-13,15-16H,3-11H2,1-2H3. The SMILES string of the molecule is CC(C)(CNCC1CNCCO1)C1CCOCC1. The summed E-state index contributed by atoms with van der Waals surface area (Å²) in [6.45, 7) is 11.4. The zero-order chi connectivity index (χ0) is 12.8.